The van der Waals surface area contributed by atoms with Gasteiger partial charge in [0, 0.05) is 18.8 Å². The zero-order valence-electron chi connectivity index (χ0n) is 14.5. The number of ether oxygens (including phenoxy) is 1. The van der Waals surface area contributed by atoms with Gasteiger partial charge in [-0.2, -0.15) is 13.2 Å². The largest absolute Gasteiger partial charge is 0.495 e. The molecule has 0 N–H and O–H groups in total. The smallest absolute Gasteiger partial charge is 0.389 e. The molecule has 26 heavy (non-hydrogen) atoms. The first-order chi connectivity index (χ1) is 12.5. The molecule has 1 saturated heterocycles. The lowest BCUT2D eigenvalue weighted by molar-refractivity contribution is -0.129. The third kappa shape index (κ3) is 4.44. The van der Waals surface area contributed by atoms with Crippen LogP contribution in [0.1, 0.15) is 25.7 Å². The van der Waals surface area contributed by atoms with E-state index < -0.39 is 12.6 Å². The highest BCUT2D eigenvalue weighted by atomic mass is 32.2. The quantitative estimate of drug-likeness (QED) is 0.692. The maximum Gasteiger partial charge on any atom is 0.389 e. The van der Waals surface area contributed by atoms with Gasteiger partial charge in [0.25, 0.3) is 0 Å². The van der Waals surface area contributed by atoms with Crippen molar-refractivity contribution < 1.29 is 17.9 Å². The predicted molar refractivity (Wildman–Crippen MR) is 95.4 cm³/mol. The molecule has 142 valence electrons. The van der Waals surface area contributed by atoms with Crippen LogP contribution >= 0.6 is 11.8 Å². The number of hydrogen-bond acceptors (Lipinski definition) is 5. The van der Waals surface area contributed by atoms with E-state index in [4.69, 9.17) is 4.74 Å². The van der Waals surface area contributed by atoms with Gasteiger partial charge in [-0.15, -0.1) is 10.2 Å². The summed E-state index contributed by atoms with van der Waals surface area (Å²) in [5.41, 5.74) is 0.732. The minimum absolute atomic E-state index is 0.100. The molecule has 0 amide bonds. The molecule has 0 radical (unpaired) electrons. The van der Waals surface area contributed by atoms with E-state index in [0.717, 1.165) is 43.4 Å². The second kappa shape index (κ2) is 8.20. The molecule has 1 aliphatic heterocycles. The van der Waals surface area contributed by atoms with Crippen LogP contribution in [-0.4, -0.2) is 46.9 Å². The average Bonchev–Trinajstić information content (AvgIpc) is 3.05. The van der Waals surface area contributed by atoms with Crippen molar-refractivity contribution in [3.63, 3.8) is 0 Å². The summed E-state index contributed by atoms with van der Waals surface area (Å²) in [4.78, 5) is 2.14. The van der Waals surface area contributed by atoms with Crippen LogP contribution in [0.2, 0.25) is 0 Å². The Balaban J connectivity index is 1.95. The van der Waals surface area contributed by atoms with E-state index in [2.05, 4.69) is 15.1 Å². The summed E-state index contributed by atoms with van der Waals surface area (Å²) in [6, 6.07) is 7.40. The van der Waals surface area contributed by atoms with Crippen LogP contribution in [-0.2, 0) is 0 Å². The average molecular weight is 386 g/mol. The Morgan fingerprint density at radius 1 is 1.12 bits per heavy atom. The molecule has 2 heterocycles. The van der Waals surface area contributed by atoms with Gasteiger partial charge in [0.2, 0.25) is 5.95 Å². The number of piperidine rings is 1. The Hall–Kier alpha value is -1.90. The van der Waals surface area contributed by atoms with E-state index in [-0.39, 0.29) is 5.75 Å². The molecule has 1 aromatic carbocycles. The molecule has 1 fully saturated rings. The standard InChI is InChI=1S/C17H21F3N4OS/c1-25-14-8-4-3-7-13(14)24-15(23-10-5-2-6-11-23)21-22-16(24)26-12-9-17(18,19)20/h3-4,7-8H,2,5-6,9-12H2,1H3. The zero-order chi connectivity index (χ0) is 18.6. The molecule has 0 atom stereocenters. The van der Waals surface area contributed by atoms with Crippen molar-refractivity contribution in [2.75, 3.05) is 30.9 Å². The summed E-state index contributed by atoms with van der Waals surface area (Å²) in [6.07, 6.45) is -1.75. The van der Waals surface area contributed by atoms with Gasteiger partial charge in [0.15, 0.2) is 5.16 Å². The molecule has 0 unspecified atom stereocenters. The second-order valence-corrected chi connectivity index (χ2v) is 7.11. The number of hydrogen-bond donors (Lipinski definition) is 0. The molecule has 1 aromatic heterocycles. The predicted octanol–water partition coefficient (Wildman–Crippen LogP) is 4.31. The molecule has 0 aliphatic carbocycles. The highest BCUT2D eigenvalue weighted by Crippen LogP contribution is 2.34. The SMILES string of the molecule is COc1ccccc1-n1c(SCCC(F)(F)F)nnc1N1CCCCC1. The van der Waals surface area contributed by atoms with E-state index in [1.807, 2.05) is 28.8 Å². The molecule has 9 heteroatoms. The molecular formula is C17H21F3N4OS. The van der Waals surface area contributed by atoms with Gasteiger partial charge >= 0.3 is 6.18 Å². The Kier molecular flexibility index (Phi) is 5.95. The maximum atomic E-state index is 12.5. The zero-order valence-corrected chi connectivity index (χ0v) is 15.3. The number of anilines is 1. The number of nitrogens with zero attached hydrogens (tertiary/aromatic N) is 4. The van der Waals surface area contributed by atoms with Crippen LogP contribution in [0.3, 0.4) is 0 Å². The van der Waals surface area contributed by atoms with Gasteiger partial charge in [-0.1, -0.05) is 23.9 Å². The van der Waals surface area contributed by atoms with Crippen LogP contribution in [0.5, 0.6) is 5.75 Å². The van der Waals surface area contributed by atoms with Gasteiger partial charge in [-0.05, 0) is 31.4 Å². The van der Waals surface area contributed by atoms with Crippen LogP contribution in [0, 0.1) is 0 Å². The third-order valence-electron chi connectivity index (χ3n) is 4.20. The summed E-state index contributed by atoms with van der Waals surface area (Å²) in [5, 5.41) is 8.91. The highest BCUT2D eigenvalue weighted by Gasteiger charge is 2.28. The number of thioether (sulfide) groups is 1. The molecule has 3 rings (SSSR count). The van der Waals surface area contributed by atoms with E-state index >= 15 is 0 Å². The first kappa shape index (κ1) is 18.9. The normalized spacial score (nSPS) is 15.3. The number of alkyl halides is 3. The molecule has 0 saturated carbocycles. The van der Waals surface area contributed by atoms with Crippen LogP contribution in [0.15, 0.2) is 29.4 Å². The van der Waals surface area contributed by atoms with E-state index in [9.17, 15) is 13.2 Å². The van der Waals surface area contributed by atoms with Crippen molar-refractivity contribution in [1.29, 1.82) is 0 Å². The molecular weight excluding hydrogens is 365 g/mol. The van der Waals surface area contributed by atoms with Gasteiger partial charge in [-0.25, -0.2) is 0 Å². The summed E-state index contributed by atoms with van der Waals surface area (Å²) in [5.74, 6) is 1.18. The lowest BCUT2D eigenvalue weighted by atomic mass is 10.1. The summed E-state index contributed by atoms with van der Waals surface area (Å²) >= 11 is 1.06. The first-order valence-electron chi connectivity index (χ1n) is 8.53. The van der Waals surface area contributed by atoms with E-state index in [1.165, 1.54) is 6.42 Å². The molecule has 0 bridgehead atoms. The Morgan fingerprint density at radius 3 is 2.54 bits per heavy atom. The highest BCUT2D eigenvalue weighted by molar-refractivity contribution is 7.99. The summed E-state index contributed by atoms with van der Waals surface area (Å²) < 4.78 is 44.8. The number of halogens is 3. The van der Waals surface area contributed by atoms with Gasteiger partial charge < -0.3 is 9.64 Å². The minimum Gasteiger partial charge on any atom is -0.495 e. The second-order valence-electron chi connectivity index (χ2n) is 6.05. The fraction of sp³-hybridized carbons (Fsp3) is 0.529. The Bertz CT molecular complexity index is 729. The van der Waals surface area contributed by atoms with Gasteiger partial charge in [0.1, 0.15) is 5.75 Å². The lowest BCUT2D eigenvalue weighted by Crippen LogP contribution is -2.31. The summed E-state index contributed by atoms with van der Waals surface area (Å²) in [7, 11) is 1.57. The number of para-hydroxylation sites is 2. The monoisotopic (exact) mass is 386 g/mol. The summed E-state index contributed by atoms with van der Waals surface area (Å²) in [6.45, 7) is 1.72. The number of rotatable bonds is 6. The van der Waals surface area contributed by atoms with Crippen molar-refractivity contribution in [2.24, 2.45) is 0 Å². The van der Waals surface area contributed by atoms with Crippen molar-refractivity contribution >= 4 is 17.7 Å². The van der Waals surface area contributed by atoms with Crippen molar-refractivity contribution in [3.8, 4) is 11.4 Å². The Morgan fingerprint density at radius 2 is 1.85 bits per heavy atom. The molecule has 1 aliphatic rings. The van der Waals surface area contributed by atoms with Crippen LogP contribution in [0.25, 0.3) is 5.69 Å². The maximum absolute atomic E-state index is 12.5. The fourth-order valence-electron chi connectivity index (χ4n) is 2.94. The van der Waals surface area contributed by atoms with Crippen molar-refractivity contribution in [3.05, 3.63) is 24.3 Å². The molecule has 2 aromatic rings. The lowest BCUT2D eigenvalue weighted by Gasteiger charge is -2.28. The topological polar surface area (TPSA) is 43.2 Å². The van der Waals surface area contributed by atoms with E-state index in [0.29, 0.717) is 16.9 Å². The number of benzene rings is 1. The van der Waals surface area contributed by atoms with Crippen LogP contribution in [0.4, 0.5) is 19.1 Å². The fourth-order valence-corrected chi connectivity index (χ4v) is 3.86. The van der Waals surface area contributed by atoms with E-state index in [1.54, 1.807) is 7.11 Å². The third-order valence-corrected chi connectivity index (χ3v) is 5.13. The molecule has 0 spiro atoms. The van der Waals surface area contributed by atoms with Crippen LogP contribution < -0.4 is 9.64 Å². The molecule has 5 nitrogen and oxygen atoms in total. The first-order valence-corrected chi connectivity index (χ1v) is 9.51. The minimum atomic E-state index is -4.18. The van der Waals surface area contributed by atoms with Gasteiger partial charge in [-0.3, -0.25) is 4.57 Å². The van der Waals surface area contributed by atoms with Crippen molar-refractivity contribution in [2.45, 2.75) is 37.0 Å². The Labute approximate surface area is 154 Å². The number of methoxy groups -OCH3 is 1. The van der Waals surface area contributed by atoms with Crippen molar-refractivity contribution in [1.82, 2.24) is 14.8 Å². The van der Waals surface area contributed by atoms with Gasteiger partial charge in [0.05, 0.1) is 19.2 Å². The number of aromatic nitrogens is 3.